The van der Waals surface area contributed by atoms with E-state index in [-0.39, 0.29) is 0 Å². The molecule has 0 aliphatic carbocycles. The number of nitrogens with one attached hydrogen (secondary N) is 1. The lowest BCUT2D eigenvalue weighted by Gasteiger charge is -2.23. The summed E-state index contributed by atoms with van der Waals surface area (Å²) in [5.41, 5.74) is 18.9. The van der Waals surface area contributed by atoms with Crippen molar-refractivity contribution in [2.24, 2.45) is 5.73 Å². The summed E-state index contributed by atoms with van der Waals surface area (Å²) >= 11 is 0. The molecule has 0 amide bonds. The molecule has 1 aliphatic heterocycles. The number of rotatable bonds is 6. The van der Waals surface area contributed by atoms with Crippen LogP contribution in [0.2, 0.25) is 0 Å². The van der Waals surface area contributed by atoms with Gasteiger partial charge in [0, 0.05) is 41.5 Å². The van der Waals surface area contributed by atoms with E-state index < -0.39 is 0 Å². The van der Waals surface area contributed by atoms with E-state index in [1.165, 1.54) is 49.2 Å². The van der Waals surface area contributed by atoms with Crippen LogP contribution in [0.5, 0.6) is 0 Å². The Morgan fingerprint density at radius 2 is 1.27 bits per heavy atom. The van der Waals surface area contributed by atoms with Crippen molar-refractivity contribution in [3.63, 3.8) is 0 Å². The van der Waals surface area contributed by atoms with Crippen LogP contribution in [0, 0.1) is 0 Å². The Morgan fingerprint density at radius 1 is 0.667 bits per heavy atom. The van der Waals surface area contributed by atoms with Crippen LogP contribution < -0.4 is 11.1 Å². The van der Waals surface area contributed by atoms with E-state index in [1.54, 1.807) is 6.20 Å². The lowest BCUT2D eigenvalue weighted by atomic mass is 9.84. The van der Waals surface area contributed by atoms with Crippen molar-refractivity contribution in [1.82, 2.24) is 14.9 Å². The molecule has 0 spiro atoms. The average molecular weight is 657 g/mol. The Bertz CT molecular complexity index is 2690. The van der Waals surface area contributed by atoms with Crippen LogP contribution in [-0.2, 0) is 0 Å². The van der Waals surface area contributed by atoms with E-state index in [1.807, 2.05) is 18.5 Å². The first-order valence-electron chi connectivity index (χ1n) is 17.4. The first kappa shape index (κ1) is 30.4. The highest BCUT2D eigenvalue weighted by Crippen LogP contribution is 2.45. The van der Waals surface area contributed by atoms with Crippen LogP contribution in [0.4, 0.5) is 0 Å². The van der Waals surface area contributed by atoms with Gasteiger partial charge in [0.15, 0.2) is 0 Å². The highest BCUT2D eigenvalue weighted by molar-refractivity contribution is 6.22. The third-order valence-corrected chi connectivity index (χ3v) is 10.2. The molecule has 0 saturated heterocycles. The molecule has 0 atom stereocenters. The van der Waals surface area contributed by atoms with E-state index in [0.717, 1.165) is 50.9 Å². The summed E-state index contributed by atoms with van der Waals surface area (Å²) in [6.07, 6.45) is 12.0. The highest BCUT2D eigenvalue weighted by atomic mass is 15.0. The second-order valence-electron chi connectivity index (χ2n) is 13.0. The fourth-order valence-electron chi connectivity index (χ4n) is 7.94. The van der Waals surface area contributed by atoms with Gasteiger partial charge in [-0.3, -0.25) is 4.98 Å². The maximum Gasteiger partial charge on any atom is 0.0572 e. The lowest BCUT2D eigenvalue weighted by molar-refractivity contribution is 0.945. The predicted molar refractivity (Wildman–Crippen MR) is 216 cm³/mol. The molecule has 244 valence electrons. The van der Waals surface area contributed by atoms with Crippen molar-refractivity contribution < 1.29 is 0 Å². The third kappa shape index (κ3) is 5.03. The molecule has 9 rings (SSSR count). The Hall–Kier alpha value is -6.65. The summed E-state index contributed by atoms with van der Waals surface area (Å²) in [7, 11) is 0. The van der Waals surface area contributed by atoms with Gasteiger partial charge < -0.3 is 15.6 Å². The fourth-order valence-corrected chi connectivity index (χ4v) is 7.94. The molecule has 0 radical (unpaired) electrons. The summed E-state index contributed by atoms with van der Waals surface area (Å²) in [6.45, 7) is 2.94. The maximum atomic E-state index is 6.24. The standard InChI is InChI=1S/C47H36N4/c1-31(41-29-49-26-23-44(41)51-43-19-11-10-16-36(43)42-30-50-27-24-45(42)51)35(22-25-48)34-20-21-39-40(28-34)47(33-14-6-3-7-15-33)38-18-9-8-17-37(38)46(39)32-12-4-2-5-13-32/h2-25,27-30,49H,26,48H2,1H3/b25-22-,35-31-. The number of fused-ring (bicyclic) bond motifs is 5. The van der Waals surface area contributed by atoms with Gasteiger partial charge >= 0.3 is 0 Å². The Morgan fingerprint density at radius 3 is 1.98 bits per heavy atom. The average Bonchev–Trinajstić information content (AvgIpc) is 3.53. The van der Waals surface area contributed by atoms with Crippen LogP contribution >= 0.6 is 0 Å². The lowest BCUT2D eigenvalue weighted by Crippen LogP contribution is -2.16. The van der Waals surface area contributed by atoms with E-state index in [2.05, 4.69) is 168 Å². The van der Waals surface area contributed by atoms with Gasteiger partial charge in [-0.15, -0.1) is 0 Å². The first-order chi connectivity index (χ1) is 25.2. The van der Waals surface area contributed by atoms with Crippen molar-refractivity contribution in [2.45, 2.75) is 6.92 Å². The zero-order valence-corrected chi connectivity index (χ0v) is 28.3. The van der Waals surface area contributed by atoms with E-state index in [0.29, 0.717) is 0 Å². The molecular weight excluding hydrogens is 621 g/mol. The summed E-state index contributed by atoms with van der Waals surface area (Å²) in [5, 5.41) is 10.7. The Labute approximate surface area is 297 Å². The minimum atomic E-state index is 0.735. The van der Waals surface area contributed by atoms with Crippen molar-refractivity contribution in [3.05, 3.63) is 187 Å². The second-order valence-corrected chi connectivity index (χ2v) is 13.0. The van der Waals surface area contributed by atoms with Gasteiger partial charge in [-0.25, -0.2) is 0 Å². The SMILES string of the molecule is C/C(C1=CNCC=C1n1c2ccccc2c2cnccc21)=C(\C=C/N)c1ccc2c(-c3ccccc3)c3ccccc3c(-c3ccccc3)c2c1. The number of para-hydroxylation sites is 1. The number of nitrogens with two attached hydrogens (primary N) is 1. The third-order valence-electron chi connectivity index (χ3n) is 10.2. The van der Waals surface area contributed by atoms with Gasteiger partial charge in [0.05, 0.1) is 16.7 Å². The van der Waals surface area contributed by atoms with E-state index in [9.17, 15) is 0 Å². The summed E-state index contributed by atoms with van der Waals surface area (Å²) in [4.78, 5) is 4.47. The maximum absolute atomic E-state index is 6.24. The monoisotopic (exact) mass is 656 g/mol. The van der Waals surface area contributed by atoms with Crippen molar-refractivity contribution >= 4 is 54.6 Å². The number of aromatic nitrogens is 2. The van der Waals surface area contributed by atoms with Gasteiger partial charge in [-0.05, 0) is 104 Å². The number of pyridine rings is 1. The summed E-state index contributed by atoms with van der Waals surface area (Å²) in [5.74, 6) is 0. The number of hydrogen-bond donors (Lipinski definition) is 2. The number of benzene rings is 6. The molecule has 51 heavy (non-hydrogen) atoms. The molecule has 0 unspecified atom stereocenters. The number of nitrogens with zero attached hydrogens (tertiary/aromatic N) is 2. The molecule has 6 aromatic carbocycles. The quantitative estimate of drug-likeness (QED) is 0.138. The first-order valence-corrected chi connectivity index (χ1v) is 17.4. The van der Waals surface area contributed by atoms with Gasteiger partial charge in [0.25, 0.3) is 0 Å². The molecule has 4 nitrogen and oxygen atoms in total. The molecular formula is C47H36N4. The molecule has 0 fully saturated rings. The molecule has 0 bridgehead atoms. The molecule has 4 heteroatoms. The minimum absolute atomic E-state index is 0.735. The number of allylic oxidation sites excluding steroid dienone is 5. The van der Waals surface area contributed by atoms with Crippen LogP contribution in [0.15, 0.2) is 182 Å². The van der Waals surface area contributed by atoms with Crippen LogP contribution in [0.25, 0.3) is 76.9 Å². The van der Waals surface area contributed by atoms with Gasteiger partial charge in [0.1, 0.15) is 0 Å². The van der Waals surface area contributed by atoms with E-state index >= 15 is 0 Å². The van der Waals surface area contributed by atoms with Crippen molar-refractivity contribution in [3.8, 4) is 22.3 Å². The Kier molecular flexibility index (Phi) is 7.55. The van der Waals surface area contributed by atoms with Gasteiger partial charge in [-0.2, -0.15) is 0 Å². The molecule has 8 aromatic rings. The van der Waals surface area contributed by atoms with Crippen LogP contribution in [0.1, 0.15) is 12.5 Å². The zero-order valence-electron chi connectivity index (χ0n) is 28.3. The minimum Gasteiger partial charge on any atom is -0.405 e. The van der Waals surface area contributed by atoms with Gasteiger partial charge in [-0.1, -0.05) is 115 Å². The van der Waals surface area contributed by atoms with Crippen LogP contribution in [0.3, 0.4) is 0 Å². The molecule has 3 N–H and O–H groups in total. The highest BCUT2D eigenvalue weighted by Gasteiger charge is 2.22. The molecule has 1 aliphatic rings. The smallest absolute Gasteiger partial charge is 0.0572 e. The van der Waals surface area contributed by atoms with Gasteiger partial charge in [0.2, 0.25) is 0 Å². The fraction of sp³-hybridized carbons (Fsp3) is 0.0426. The number of dihydropyridines is 1. The summed E-state index contributed by atoms with van der Waals surface area (Å²) < 4.78 is 2.37. The number of hydrogen-bond acceptors (Lipinski definition) is 3. The largest absolute Gasteiger partial charge is 0.405 e. The van der Waals surface area contributed by atoms with Crippen molar-refractivity contribution in [2.75, 3.05) is 6.54 Å². The Balaban J connectivity index is 1.30. The topological polar surface area (TPSA) is 55.9 Å². The summed E-state index contributed by atoms with van der Waals surface area (Å²) in [6, 6.07) is 47.9. The normalized spacial score (nSPS) is 13.8. The van der Waals surface area contributed by atoms with Crippen molar-refractivity contribution in [1.29, 1.82) is 0 Å². The van der Waals surface area contributed by atoms with Crippen LogP contribution in [-0.4, -0.2) is 16.1 Å². The molecule has 2 aromatic heterocycles. The van der Waals surface area contributed by atoms with E-state index in [4.69, 9.17) is 5.73 Å². The second kappa shape index (κ2) is 12.7. The zero-order chi connectivity index (χ0) is 34.3. The molecule has 3 heterocycles. The predicted octanol–water partition coefficient (Wildman–Crippen LogP) is 11.1. The molecule has 0 saturated carbocycles.